The van der Waals surface area contributed by atoms with Crippen LogP contribution in [-0.4, -0.2) is 44.5 Å². The van der Waals surface area contributed by atoms with Crippen molar-refractivity contribution >= 4 is 33.4 Å². The molecule has 0 fully saturated rings. The van der Waals surface area contributed by atoms with E-state index < -0.39 is 17.9 Å². The van der Waals surface area contributed by atoms with Crippen molar-refractivity contribution in [1.29, 1.82) is 0 Å². The van der Waals surface area contributed by atoms with Gasteiger partial charge < -0.3 is 15.5 Å². The molecule has 1 atom stereocenters. The van der Waals surface area contributed by atoms with Gasteiger partial charge in [0.1, 0.15) is 10.9 Å². The second-order valence-electron chi connectivity index (χ2n) is 4.42. The van der Waals surface area contributed by atoms with Crippen molar-refractivity contribution in [3.63, 3.8) is 0 Å². The SMILES string of the molecule is Cc1nn(C)c2sc(C(=O)NC(CCO)C(=O)O)cc12. The molecule has 0 saturated carbocycles. The van der Waals surface area contributed by atoms with Crippen molar-refractivity contribution in [2.75, 3.05) is 6.61 Å². The molecule has 0 spiro atoms. The molecule has 3 N–H and O–H groups in total. The van der Waals surface area contributed by atoms with Crippen LogP contribution in [0.5, 0.6) is 0 Å². The number of aliphatic carboxylic acids is 1. The van der Waals surface area contributed by atoms with Gasteiger partial charge >= 0.3 is 5.97 Å². The average molecular weight is 297 g/mol. The molecule has 0 bridgehead atoms. The fraction of sp³-hybridized carbons (Fsp3) is 0.417. The molecule has 7 nitrogen and oxygen atoms in total. The van der Waals surface area contributed by atoms with Crippen LogP contribution in [-0.2, 0) is 11.8 Å². The number of aryl methyl sites for hydroxylation is 2. The monoisotopic (exact) mass is 297 g/mol. The van der Waals surface area contributed by atoms with Crippen molar-refractivity contribution in [3.05, 3.63) is 16.6 Å². The van der Waals surface area contributed by atoms with Crippen LogP contribution in [0, 0.1) is 6.92 Å². The fourth-order valence-corrected chi connectivity index (χ4v) is 2.96. The summed E-state index contributed by atoms with van der Waals surface area (Å²) in [6, 6.07) is 0.618. The molecule has 2 rings (SSSR count). The highest BCUT2D eigenvalue weighted by molar-refractivity contribution is 7.20. The van der Waals surface area contributed by atoms with Crippen LogP contribution < -0.4 is 5.32 Å². The van der Waals surface area contributed by atoms with Crippen LogP contribution in [0.1, 0.15) is 21.8 Å². The lowest BCUT2D eigenvalue weighted by Crippen LogP contribution is -2.41. The smallest absolute Gasteiger partial charge is 0.326 e. The van der Waals surface area contributed by atoms with Gasteiger partial charge in [-0.15, -0.1) is 11.3 Å². The van der Waals surface area contributed by atoms with Gasteiger partial charge in [0.2, 0.25) is 0 Å². The van der Waals surface area contributed by atoms with E-state index in [1.165, 1.54) is 11.3 Å². The molecule has 1 amide bonds. The van der Waals surface area contributed by atoms with E-state index in [0.717, 1.165) is 15.9 Å². The number of carbonyl (C=O) groups is 2. The second-order valence-corrected chi connectivity index (χ2v) is 5.45. The average Bonchev–Trinajstić information content (AvgIpc) is 2.91. The van der Waals surface area contributed by atoms with E-state index in [-0.39, 0.29) is 13.0 Å². The minimum absolute atomic E-state index is 0.0213. The summed E-state index contributed by atoms with van der Waals surface area (Å²) < 4.78 is 1.69. The molecule has 0 aliphatic heterocycles. The predicted molar refractivity (Wildman–Crippen MR) is 73.9 cm³/mol. The molecule has 2 heterocycles. The number of nitrogens with one attached hydrogen (secondary N) is 1. The molecular formula is C12H15N3O4S. The number of fused-ring (bicyclic) bond motifs is 1. The number of aliphatic hydroxyl groups is 1. The first-order chi connectivity index (χ1) is 9.43. The highest BCUT2D eigenvalue weighted by Gasteiger charge is 2.22. The van der Waals surface area contributed by atoms with E-state index in [4.69, 9.17) is 10.2 Å². The normalized spacial score (nSPS) is 12.6. The Bertz CT molecular complexity index is 626. The number of hydrogen-bond acceptors (Lipinski definition) is 5. The Balaban J connectivity index is 2.22. The van der Waals surface area contributed by atoms with E-state index in [1.54, 1.807) is 17.8 Å². The van der Waals surface area contributed by atoms with Crippen LogP contribution in [0.3, 0.4) is 0 Å². The molecule has 0 aliphatic rings. The highest BCUT2D eigenvalue weighted by Crippen LogP contribution is 2.27. The summed E-state index contributed by atoms with van der Waals surface area (Å²) in [5, 5.41) is 25.3. The van der Waals surface area contributed by atoms with Crippen molar-refractivity contribution < 1.29 is 19.8 Å². The molecule has 8 heteroatoms. The summed E-state index contributed by atoms with van der Waals surface area (Å²) in [5.74, 6) is -1.61. The van der Waals surface area contributed by atoms with Crippen LogP contribution in [0.2, 0.25) is 0 Å². The van der Waals surface area contributed by atoms with Crippen LogP contribution >= 0.6 is 11.3 Å². The van der Waals surface area contributed by atoms with E-state index in [1.807, 2.05) is 6.92 Å². The summed E-state index contributed by atoms with van der Waals surface area (Å²) in [6.07, 6.45) is -0.0213. The molecule has 0 saturated heterocycles. The first-order valence-electron chi connectivity index (χ1n) is 6.01. The summed E-state index contributed by atoms with van der Waals surface area (Å²) in [4.78, 5) is 24.3. The van der Waals surface area contributed by atoms with E-state index in [0.29, 0.717) is 4.88 Å². The number of aliphatic hydroxyl groups excluding tert-OH is 1. The van der Waals surface area contributed by atoms with Gasteiger partial charge in [-0.3, -0.25) is 9.48 Å². The molecule has 2 aromatic heterocycles. The number of carboxylic acid groups (broad SMARTS) is 1. The lowest BCUT2D eigenvalue weighted by atomic mass is 10.2. The molecule has 1 unspecified atom stereocenters. The summed E-state index contributed by atoms with van der Waals surface area (Å²) in [6.45, 7) is 1.55. The van der Waals surface area contributed by atoms with Crippen LogP contribution in [0.25, 0.3) is 10.2 Å². The summed E-state index contributed by atoms with van der Waals surface area (Å²) in [7, 11) is 1.79. The zero-order valence-electron chi connectivity index (χ0n) is 11.1. The molecule has 20 heavy (non-hydrogen) atoms. The molecule has 0 aromatic carbocycles. The quantitative estimate of drug-likeness (QED) is 0.746. The Hall–Kier alpha value is -1.93. The molecule has 2 aromatic rings. The Kier molecular flexibility index (Phi) is 4.05. The maximum absolute atomic E-state index is 12.0. The van der Waals surface area contributed by atoms with Gasteiger partial charge in [-0.1, -0.05) is 0 Å². The van der Waals surface area contributed by atoms with Crippen LogP contribution in [0.15, 0.2) is 6.07 Å². The highest BCUT2D eigenvalue weighted by atomic mass is 32.1. The Morgan fingerprint density at radius 1 is 1.55 bits per heavy atom. The van der Waals surface area contributed by atoms with E-state index in [9.17, 15) is 9.59 Å². The van der Waals surface area contributed by atoms with E-state index in [2.05, 4.69) is 10.4 Å². The minimum Gasteiger partial charge on any atom is -0.480 e. The number of nitrogens with zero attached hydrogens (tertiary/aromatic N) is 2. The van der Waals surface area contributed by atoms with Crippen molar-refractivity contribution in [2.45, 2.75) is 19.4 Å². The van der Waals surface area contributed by atoms with Gasteiger partial charge in [0.05, 0.1) is 10.6 Å². The Morgan fingerprint density at radius 3 is 2.80 bits per heavy atom. The molecule has 0 radical (unpaired) electrons. The first kappa shape index (κ1) is 14.5. The number of aromatic nitrogens is 2. The number of amides is 1. The number of carboxylic acids is 1. The number of hydrogen-bond donors (Lipinski definition) is 3. The van der Waals surface area contributed by atoms with Gasteiger partial charge in [-0.05, 0) is 13.0 Å². The first-order valence-corrected chi connectivity index (χ1v) is 6.83. The lowest BCUT2D eigenvalue weighted by molar-refractivity contribution is -0.139. The number of rotatable bonds is 5. The van der Waals surface area contributed by atoms with Crippen molar-refractivity contribution in [2.24, 2.45) is 7.05 Å². The van der Waals surface area contributed by atoms with Gasteiger partial charge in [-0.2, -0.15) is 5.10 Å². The van der Waals surface area contributed by atoms with Gasteiger partial charge in [0.25, 0.3) is 5.91 Å². The molecule has 108 valence electrons. The fourth-order valence-electron chi connectivity index (χ4n) is 1.93. The standard InChI is InChI=1S/C12H15N3O4S/c1-6-7-5-9(20-11(7)15(2)14-6)10(17)13-8(3-4-16)12(18)19/h5,8,16H,3-4H2,1-2H3,(H,13,17)(H,18,19). The summed E-state index contributed by atoms with van der Waals surface area (Å²) >= 11 is 1.26. The third kappa shape index (κ3) is 2.66. The maximum Gasteiger partial charge on any atom is 0.326 e. The zero-order chi connectivity index (χ0) is 14.9. The van der Waals surface area contributed by atoms with Gasteiger partial charge in [0, 0.05) is 25.5 Å². The van der Waals surface area contributed by atoms with E-state index >= 15 is 0 Å². The number of thiophene rings is 1. The topological polar surface area (TPSA) is 104 Å². The molecule has 0 aliphatic carbocycles. The van der Waals surface area contributed by atoms with Gasteiger partial charge in [0.15, 0.2) is 0 Å². The summed E-state index contributed by atoms with van der Waals surface area (Å²) in [5.41, 5.74) is 0.822. The van der Waals surface area contributed by atoms with Crippen molar-refractivity contribution in [1.82, 2.24) is 15.1 Å². The largest absolute Gasteiger partial charge is 0.480 e. The lowest BCUT2D eigenvalue weighted by Gasteiger charge is -2.12. The predicted octanol–water partition coefficient (Wildman–Crippen LogP) is 0.509. The Labute approximate surface area is 118 Å². The van der Waals surface area contributed by atoms with Gasteiger partial charge in [-0.25, -0.2) is 4.79 Å². The zero-order valence-corrected chi connectivity index (χ0v) is 11.9. The maximum atomic E-state index is 12.0. The van der Waals surface area contributed by atoms with Crippen molar-refractivity contribution in [3.8, 4) is 0 Å². The Morgan fingerprint density at radius 2 is 2.25 bits per heavy atom. The second kappa shape index (κ2) is 5.59. The third-order valence-electron chi connectivity index (χ3n) is 2.94. The number of carbonyl (C=O) groups excluding carboxylic acids is 1. The third-order valence-corrected chi connectivity index (χ3v) is 4.14. The molecular weight excluding hydrogens is 282 g/mol. The van der Waals surface area contributed by atoms with Crippen LogP contribution in [0.4, 0.5) is 0 Å². The minimum atomic E-state index is -1.16.